The molecular formula is C29H52O3. The van der Waals surface area contributed by atoms with Gasteiger partial charge in [0.1, 0.15) is 6.29 Å². The molecule has 0 aromatic rings. The summed E-state index contributed by atoms with van der Waals surface area (Å²) in [5.74, 6) is 3.97. The van der Waals surface area contributed by atoms with Crippen molar-refractivity contribution in [2.75, 3.05) is 13.2 Å². The molecule has 8 atom stereocenters. The van der Waals surface area contributed by atoms with Crippen LogP contribution in [0.3, 0.4) is 0 Å². The summed E-state index contributed by atoms with van der Waals surface area (Å²) < 4.78 is 12.2. The topological polar surface area (TPSA) is 35.5 Å². The third-order valence-corrected chi connectivity index (χ3v) is 10.4. The van der Waals surface area contributed by atoms with Gasteiger partial charge >= 0.3 is 0 Å². The minimum atomic E-state index is -0.238. The predicted molar refractivity (Wildman–Crippen MR) is 132 cm³/mol. The molecule has 1 heterocycles. The van der Waals surface area contributed by atoms with Gasteiger partial charge in [0, 0.05) is 18.8 Å². The molecule has 0 N–H and O–H groups in total. The highest BCUT2D eigenvalue weighted by molar-refractivity contribution is 5.53. The quantitative estimate of drug-likeness (QED) is 0.407. The van der Waals surface area contributed by atoms with Crippen LogP contribution in [0.4, 0.5) is 0 Å². The third kappa shape index (κ3) is 4.35. The van der Waals surface area contributed by atoms with Gasteiger partial charge in [-0.05, 0) is 85.4 Å². The monoisotopic (exact) mass is 448 g/mol. The third-order valence-electron chi connectivity index (χ3n) is 10.4. The van der Waals surface area contributed by atoms with Crippen LogP contribution in [0, 0.1) is 46.3 Å². The molecule has 5 aliphatic rings. The van der Waals surface area contributed by atoms with Crippen molar-refractivity contribution < 1.29 is 14.3 Å². The molecule has 186 valence electrons. The number of hydrogen-bond acceptors (Lipinski definition) is 3. The van der Waals surface area contributed by atoms with E-state index in [0.29, 0.717) is 16.7 Å². The van der Waals surface area contributed by atoms with Gasteiger partial charge in [0.05, 0.1) is 13.2 Å². The Morgan fingerprint density at radius 2 is 1.50 bits per heavy atom. The van der Waals surface area contributed by atoms with Crippen molar-refractivity contribution in [1.29, 1.82) is 0 Å². The van der Waals surface area contributed by atoms with E-state index in [1.54, 1.807) is 0 Å². The van der Waals surface area contributed by atoms with Gasteiger partial charge in [-0.3, -0.25) is 0 Å². The Labute approximate surface area is 198 Å². The molecular weight excluding hydrogens is 396 g/mol. The summed E-state index contributed by atoms with van der Waals surface area (Å²) >= 11 is 0. The van der Waals surface area contributed by atoms with Crippen LogP contribution >= 0.6 is 0 Å². The molecule has 5 unspecified atom stereocenters. The van der Waals surface area contributed by atoms with Crippen LogP contribution in [0.5, 0.6) is 0 Å². The van der Waals surface area contributed by atoms with Gasteiger partial charge in [-0.1, -0.05) is 54.9 Å². The van der Waals surface area contributed by atoms with Gasteiger partial charge in [-0.15, -0.1) is 0 Å². The first-order valence-electron chi connectivity index (χ1n) is 14.1. The van der Waals surface area contributed by atoms with E-state index in [9.17, 15) is 4.79 Å². The zero-order chi connectivity index (χ0) is 23.6. The van der Waals surface area contributed by atoms with Crippen molar-refractivity contribution >= 4 is 6.29 Å². The molecule has 0 aromatic heterocycles. The molecule has 5 rings (SSSR count). The Hall–Kier alpha value is -0.410. The Kier molecular flexibility index (Phi) is 8.57. The summed E-state index contributed by atoms with van der Waals surface area (Å²) in [6.45, 7) is 17.1. The summed E-state index contributed by atoms with van der Waals surface area (Å²) in [5, 5.41) is 0. The number of carbonyl (C=O) groups is 1. The van der Waals surface area contributed by atoms with Crippen LogP contribution in [0.15, 0.2) is 0 Å². The fourth-order valence-electron chi connectivity index (χ4n) is 8.96. The summed E-state index contributed by atoms with van der Waals surface area (Å²) in [4.78, 5) is 11.5. The van der Waals surface area contributed by atoms with Crippen molar-refractivity contribution in [3.05, 3.63) is 0 Å². The Morgan fingerprint density at radius 3 is 2.12 bits per heavy atom. The predicted octanol–water partition coefficient (Wildman–Crippen LogP) is 7.67. The smallest absolute Gasteiger partial charge is 0.168 e. The van der Waals surface area contributed by atoms with Gasteiger partial charge in [0.15, 0.2) is 5.79 Å². The van der Waals surface area contributed by atoms with Crippen molar-refractivity contribution in [3.63, 3.8) is 0 Å². The summed E-state index contributed by atoms with van der Waals surface area (Å²) in [6, 6.07) is 0. The Morgan fingerprint density at radius 1 is 0.875 bits per heavy atom. The van der Waals surface area contributed by atoms with Crippen LogP contribution in [0.1, 0.15) is 113 Å². The van der Waals surface area contributed by atoms with Crippen LogP contribution in [0.25, 0.3) is 0 Å². The van der Waals surface area contributed by atoms with Gasteiger partial charge in [0.25, 0.3) is 0 Å². The summed E-state index contributed by atoms with van der Waals surface area (Å²) in [6.07, 6.45) is 14.1. The van der Waals surface area contributed by atoms with E-state index in [2.05, 4.69) is 34.6 Å². The lowest BCUT2D eigenvalue weighted by Crippen LogP contribution is -2.56. The maximum Gasteiger partial charge on any atom is 0.168 e. The summed E-state index contributed by atoms with van der Waals surface area (Å²) in [7, 11) is 0. The SMILES string of the molecule is CC.CCC.C[C@H](C=O)C1CCC2C3CC[C@@H]4CC5(CC[C@]4(C)C3CCC21C)OCCO5. The number of ether oxygens (including phenoxy) is 2. The van der Waals surface area contributed by atoms with Gasteiger partial charge in [-0.25, -0.2) is 0 Å². The molecule has 32 heavy (non-hydrogen) atoms. The largest absolute Gasteiger partial charge is 0.348 e. The van der Waals surface area contributed by atoms with Crippen molar-refractivity contribution in [2.45, 2.75) is 118 Å². The molecule has 5 fully saturated rings. The van der Waals surface area contributed by atoms with Crippen LogP contribution in [0.2, 0.25) is 0 Å². The Bertz CT molecular complexity index is 612. The van der Waals surface area contributed by atoms with E-state index in [1.807, 2.05) is 13.8 Å². The molecule has 1 saturated heterocycles. The van der Waals surface area contributed by atoms with Crippen molar-refractivity contribution in [3.8, 4) is 0 Å². The zero-order valence-electron chi connectivity index (χ0n) is 22.3. The maximum atomic E-state index is 11.5. The van der Waals surface area contributed by atoms with Gasteiger partial charge in [0.2, 0.25) is 0 Å². The molecule has 0 bridgehead atoms. The average molecular weight is 449 g/mol. The van der Waals surface area contributed by atoms with Crippen molar-refractivity contribution in [1.82, 2.24) is 0 Å². The van der Waals surface area contributed by atoms with E-state index >= 15 is 0 Å². The summed E-state index contributed by atoms with van der Waals surface area (Å²) in [5.41, 5.74) is 0.872. The van der Waals surface area contributed by atoms with Gasteiger partial charge in [-0.2, -0.15) is 0 Å². The van der Waals surface area contributed by atoms with Gasteiger partial charge < -0.3 is 14.3 Å². The second-order valence-corrected chi connectivity index (χ2v) is 11.9. The van der Waals surface area contributed by atoms with E-state index in [1.165, 1.54) is 57.7 Å². The minimum Gasteiger partial charge on any atom is -0.348 e. The molecule has 3 heteroatoms. The first kappa shape index (κ1) is 26.2. The lowest BCUT2D eigenvalue weighted by Gasteiger charge is -2.62. The normalized spacial score (nSPS) is 44.7. The van der Waals surface area contributed by atoms with Crippen LogP contribution in [-0.2, 0) is 14.3 Å². The number of aldehydes is 1. The van der Waals surface area contributed by atoms with E-state index in [0.717, 1.165) is 49.7 Å². The maximum absolute atomic E-state index is 11.5. The molecule has 0 amide bonds. The second-order valence-electron chi connectivity index (χ2n) is 11.9. The van der Waals surface area contributed by atoms with Crippen LogP contribution in [-0.4, -0.2) is 25.3 Å². The Balaban J connectivity index is 0.000000536. The number of hydrogen-bond donors (Lipinski definition) is 0. The first-order valence-corrected chi connectivity index (χ1v) is 14.1. The minimum absolute atomic E-state index is 0.231. The van der Waals surface area contributed by atoms with E-state index < -0.39 is 0 Å². The number of rotatable bonds is 2. The standard InChI is InChI=1S/C24H38O3.C3H8.C2H6/c1-16(15-25)19-6-7-20-18-5-4-17-14-24(26-12-13-27-24)11-10-22(17,2)21(18)8-9-23(19,20)3;1-3-2;1-2/h15-21H,4-14H2,1-3H3;3H2,1-2H3;1-2H3/t16-,17-,18?,19?,20?,21?,22+,23?;;/m1../s1. The fraction of sp³-hybridized carbons (Fsp3) is 0.966. The molecule has 4 aliphatic carbocycles. The fourth-order valence-corrected chi connectivity index (χ4v) is 8.96. The average Bonchev–Trinajstić information content (AvgIpc) is 3.40. The lowest BCUT2D eigenvalue weighted by molar-refractivity contribution is -0.229. The molecule has 3 nitrogen and oxygen atoms in total. The second kappa shape index (κ2) is 10.5. The lowest BCUT2D eigenvalue weighted by atomic mass is 9.44. The molecule has 1 spiro atoms. The van der Waals surface area contributed by atoms with Crippen molar-refractivity contribution in [2.24, 2.45) is 46.3 Å². The molecule has 4 saturated carbocycles. The number of carbonyl (C=O) groups excluding carboxylic acids is 1. The highest BCUT2D eigenvalue weighted by atomic mass is 16.7. The van der Waals surface area contributed by atoms with E-state index in [4.69, 9.17) is 9.47 Å². The highest BCUT2D eigenvalue weighted by Crippen LogP contribution is 2.69. The first-order chi connectivity index (χ1) is 15.3. The van der Waals surface area contributed by atoms with Crippen LogP contribution < -0.4 is 0 Å². The highest BCUT2D eigenvalue weighted by Gasteiger charge is 2.62. The number of fused-ring (bicyclic) bond motifs is 5. The molecule has 0 aromatic carbocycles. The molecule has 1 aliphatic heterocycles. The zero-order valence-corrected chi connectivity index (χ0v) is 22.3. The van der Waals surface area contributed by atoms with E-state index in [-0.39, 0.29) is 11.7 Å². The molecule has 0 radical (unpaired) electrons.